The topological polar surface area (TPSA) is 103 Å². The summed E-state index contributed by atoms with van der Waals surface area (Å²) in [5.74, 6) is -2.77. The smallest absolute Gasteiger partial charge is 0.356 e. The van der Waals surface area contributed by atoms with Gasteiger partial charge in [0.25, 0.3) is 11.8 Å². The normalized spacial score (nSPS) is 12.8. The summed E-state index contributed by atoms with van der Waals surface area (Å²) in [6.45, 7) is 0. The van der Waals surface area contributed by atoms with Crippen LogP contribution in [-0.4, -0.2) is 40.9 Å². The second-order valence-electron chi connectivity index (χ2n) is 5.13. The fraction of sp³-hybridized carbons (Fsp3) is 0.118. The SMILES string of the molecule is COC(=O)c1ccc(CC(=O)ON2C(=O)c3ccccc3C2=O)cn1. The van der Waals surface area contributed by atoms with Crippen LogP contribution < -0.4 is 0 Å². The van der Waals surface area contributed by atoms with Crippen molar-refractivity contribution < 1.29 is 28.8 Å². The lowest BCUT2D eigenvalue weighted by atomic mass is 10.1. The van der Waals surface area contributed by atoms with Crippen molar-refractivity contribution in [2.45, 2.75) is 6.42 Å². The molecule has 2 amide bonds. The van der Waals surface area contributed by atoms with Gasteiger partial charge >= 0.3 is 11.9 Å². The number of hydroxylamine groups is 2. The third-order valence-electron chi connectivity index (χ3n) is 3.52. The first kappa shape index (κ1) is 16.3. The van der Waals surface area contributed by atoms with E-state index < -0.39 is 23.8 Å². The van der Waals surface area contributed by atoms with Gasteiger partial charge in [0, 0.05) is 6.20 Å². The van der Waals surface area contributed by atoms with Crippen LogP contribution in [-0.2, 0) is 20.8 Å². The van der Waals surface area contributed by atoms with Crippen molar-refractivity contribution in [3.8, 4) is 0 Å². The predicted octanol–water partition coefficient (Wildman–Crippen LogP) is 1.17. The van der Waals surface area contributed by atoms with Crippen molar-refractivity contribution in [3.05, 3.63) is 65.0 Å². The molecule has 3 rings (SSSR count). The number of amides is 2. The molecule has 2 aromatic rings. The van der Waals surface area contributed by atoms with Gasteiger partial charge in [-0.15, -0.1) is 0 Å². The van der Waals surface area contributed by atoms with Crippen LogP contribution in [0.3, 0.4) is 0 Å². The van der Waals surface area contributed by atoms with Gasteiger partial charge < -0.3 is 9.57 Å². The summed E-state index contributed by atoms with van der Waals surface area (Å²) in [5, 5.41) is 0.448. The summed E-state index contributed by atoms with van der Waals surface area (Å²) >= 11 is 0. The Bertz CT molecular complexity index is 840. The van der Waals surface area contributed by atoms with Gasteiger partial charge in [0.15, 0.2) is 0 Å². The molecule has 0 unspecified atom stereocenters. The minimum Gasteiger partial charge on any atom is -0.464 e. The van der Waals surface area contributed by atoms with Gasteiger partial charge in [0.05, 0.1) is 24.7 Å². The lowest BCUT2D eigenvalue weighted by Gasteiger charge is -2.12. The van der Waals surface area contributed by atoms with E-state index in [-0.39, 0.29) is 23.2 Å². The molecule has 126 valence electrons. The quantitative estimate of drug-likeness (QED) is 0.608. The van der Waals surface area contributed by atoms with Crippen LogP contribution in [0.5, 0.6) is 0 Å². The highest BCUT2D eigenvalue weighted by atomic mass is 16.7. The maximum atomic E-state index is 12.1. The number of methoxy groups -OCH3 is 1. The Labute approximate surface area is 141 Å². The van der Waals surface area contributed by atoms with Crippen molar-refractivity contribution >= 4 is 23.8 Å². The molecule has 8 nitrogen and oxygen atoms in total. The second-order valence-corrected chi connectivity index (χ2v) is 5.13. The maximum Gasteiger partial charge on any atom is 0.356 e. The summed E-state index contributed by atoms with van der Waals surface area (Å²) in [7, 11) is 1.23. The van der Waals surface area contributed by atoms with Gasteiger partial charge in [0.2, 0.25) is 0 Å². The number of carbonyl (C=O) groups is 4. The number of pyridine rings is 1. The third-order valence-corrected chi connectivity index (χ3v) is 3.52. The summed E-state index contributed by atoms with van der Waals surface area (Å²) < 4.78 is 4.53. The molecular formula is C17H12N2O6. The summed E-state index contributed by atoms with van der Waals surface area (Å²) in [6, 6.07) is 9.10. The van der Waals surface area contributed by atoms with Gasteiger partial charge in [-0.3, -0.25) is 9.59 Å². The number of nitrogens with zero attached hydrogens (tertiary/aromatic N) is 2. The van der Waals surface area contributed by atoms with Crippen LogP contribution in [0.15, 0.2) is 42.6 Å². The zero-order valence-corrected chi connectivity index (χ0v) is 13.1. The predicted molar refractivity (Wildman–Crippen MR) is 82.3 cm³/mol. The number of carbonyl (C=O) groups excluding carboxylic acids is 4. The molecule has 0 saturated heterocycles. The molecular weight excluding hydrogens is 328 g/mol. The molecule has 0 N–H and O–H groups in total. The lowest BCUT2D eigenvalue weighted by molar-refractivity contribution is -0.167. The zero-order chi connectivity index (χ0) is 18.0. The van der Waals surface area contributed by atoms with Crippen LogP contribution >= 0.6 is 0 Å². The molecule has 1 aliphatic heterocycles. The monoisotopic (exact) mass is 340 g/mol. The first-order valence-electron chi connectivity index (χ1n) is 7.23. The van der Waals surface area contributed by atoms with E-state index in [4.69, 9.17) is 4.84 Å². The molecule has 2 heterocycles. The summed E-state index contributed by atoms with van der Waals surface area (Å²) in [4.78, 5) is 56.3. The standard InChI is InChI=1S/C17H12N2O6/c1-24-17(23)13-7-6-10(9-18-13)8-14(20)25-19-15(21)11-4-2-3-5-12(11)16(19)22/h2-7,9H,8H2,1H3. The van der Waals surface area contributed by atoms with Crippen molar-refractivity contribution in [1.82, 2.24) is 10.0 Å². The third kappa shape index (κ3) is 3.09. The molecule has 0 aliphatic carbocycles. The highest BCUT2D eigenvalue weighted by Gasteiger charge is 2.38. The molecule has 0 saturated carbocycles. The highest BCUT2D eigenvalue weighted by molar-refractivity contribution is 6.20. The number of aromatic nitrogens is 1. The van der Waals surface area contributed by atoms with Crippen LogP contribution in [0.4, 0.5) is 0 Å². The number of imide groups is 1. The minimum absolute atomic E-state index is 0.0972. The largest absolute Gasteiger partial charge is 0.464 e. The van der Waals surface area contributed by atoms with E-state index in [2.05, 4.69) is 9.72 Å². The Morgan fingerprint density at radius 1 is 1.04 bits per heavy atom. The Hall–Kier alpha value is -3.55. The lowest BCUT2D eigenvalue weighted by Crippen LogP contribution is -2.33. The molecule has 25 heavy (non-hydrogen) atoms. The Balaban J connectivity index is 1.67. The number of hydrogen-bond acceptors (Lipinski definition) is 7. The number of esters is 1. The maximum absolute atomic E-state index is 12.1. The van der Waals surface area contributed by atoms with Crippen LogP contribution in [0.2, 0.25) is 0 Å². The van der Waals surface area contributed by atoms with E-state index in [0.29, 0.717) is 10.6 Å². The number of hydrogen-bond donors (Lipinski definition) is 0. The van der Waals surface area contributed by atoms with E-state index in [1.807, 2.05) is 0 Å². The molecule has 1 aromatic carbocycles. The first-order valence-corrected chi connectivity index (χ1v) is 7.23. The number of rotatable bonds is 4. The summed E-state index contributed by atoms with van der Waals surface area (Å²) in [5.41, 5.74) is 0.919. The first-order chi connectivity index (χ1) is 12.0. The van der Waals surface area contributed by atoms with E-state index in [1.165, 1.54) is 37.6 Å². The van der Waals surface area contributed by atoms with Crippen molar-refractivity contribution in [3.63, 3.8) is 0 Å². The van der Waals surface area contributed by atoms with Gasteiger partial charge in [-0.1, -0.05) is 23.3 Å². The minimum atomic E-state index is -0.804. The van der Waals surface area contributed by atoms with Crippen LogP contribution in [0.1, 0.15) is 36.8 Å². The van der Waals surface area contributed by atoms with Gasteiger partial charge in [-0.25, -0.2) is 14.6 Å². The summed E-state index contributed by atoms with van der Waals surface area (Å²) in [6.07, 6.45) is 1.09. The molecule has 0 spiro atoms. The van der Waals surface area contributed by atoms with Crippen LogP contribution in [0.25, 0.3) is 0 Å². The fourth-order valence-corrected chi connectivity index (χ4v) is 2.31. The number of ether oxygens (including phenoxy) is 1. The van der Waals surface area contributed by atoms with Crippen molar-refractivity contribution in [2.24, 2.45) is 0 Å². The van der Waals surface area contributed by atoms with Gasteiger partial charge in [0.1, 0.15) is 5.69 Å². The van der Waals surface area contributed by atoms with Crippen molar-refractivity contribution in [1.29, 1.82) is 0 Å². The molecule has 1 aromatic heterocycles. The average molecular weight is 340 g/mol. The van der Waals surface area contributed by atoms with E-state index in [9.17, 15) is 19.2 Å². The molecule has 0 atom stereocenters. The Morgan fingerprint density at radius 3 is 2.20 bits per heavy atom. The Morgan fingerprint density at radius 2 is 1.68 bits per heavy atom. The fourth-order valence-electron chi connectivity index (χ4n) is 2.31. The molecule has 0 bridgehead atoms. The zero-order valence-electron chi connectivity index (χ0n) is 13.1. The number of benzene rings is 1. The molecule has 0 fully saturated rings. The molecule has 8 heteroatoms. The van der Waals surface area contributed by atoms with Crippen molar-refractivity contribution in [2.75, 3.05) is 7.11 Å². The second kappa shape index (κ2) is 6.52. The van der Waals surface area contributed by atoms with E-state index >= 15 is 0 Å². The van der Waals surface area contributed by atoms with Gasteiger partial charge in [-0.2, -0.15) is 0 Å². The highest BCUT2D eigenvalue weighted by Crippen LogP contribution is 2.22. The molecule has 1 aliphatic rings. The van der Waals surface area contributed by atoms with E-state index in [0.717, 1.165) is 0 Å². The van der Waals surface area contributed by atoms with E-state index in [1.54, 1.807) is 12.1 Å². The van der Waals surface area contributed by atoms with Crippen LogP contribution in [0, 0.1) is 0 Å². The number of fused-ring (bicyclic) bond motifs is 1. The average Bonchev–Trinajstić information content (AvgIpc) is 2.87. The Kier molecular flexibility index (Phi) is 4.25. The molecule has 0 radical (unpaired) electrons. The van der Waals surface area contributed by atoms with Gasteiger partial charge in [-0.05, 0) is 23.8 Å².